The van der Waals surface area contributed by atoms with Crippen LogP contribution < -0.4 is 5.73 Å². The Morgan fingerprint density at radius 2 is 2.06 bits per heavy atom. The number of rotatable bonds is 3. The Hall–Kier alpha value is -1.15. The molecule has 0 radical (unpaired) electrons. The fourth-order valence-electron chi connectivity index (χ4n) is 2.40. The molecule has 2 atom stereocenters. The quantitative estimate of drug-likeness (QED) is 0.869. The van der Waals surface area contributed by atoms with Crippen molar-refractivity contribution in [3.63, 3.8) is 0 Å². The summed E-state index contributed by atoms with van der Waals surface area (Å²) in [6.45, 7) is 6.05. The number of ketones is 1. The van der Waals surface area contributed by atoms with Crippen molar-refractivity contribution in [1.82, 2.24) is 0 Å². The molecular formula is C15H21NO. The van der Waals surface area contributed by atoms with E-state index in [0.717, 1.165) is 6.42 Å². The third kappa shape index (κ3) is 2.42. The highest BCUT2D eigenvalue weighted by Crippen LogP contribution is 2.38. The average molecular weight is 231 g/mol. The molecular weight excluding hydrogens is 210 g/mol. The summed E-state index contributed by atoms with van der Waals surface area (Å²) < 4.78 is 0. The molecule has 92 valence electrons. The van der Waals surface area contributed by atoms with E-state index in [4.69, 9.17) is 5.73 Å². The van der Waals surface area contributed by atoms with Gasteiger partial charge in [0, 0.05) is 6.42 Å². The Balaban J connectivity index is 1.99. The summed E-state index contributed by atoms with van der Waals surface area (Å²) in [6.07, 6.45) is 1.62. The minimum absolute atomic E-state index is 0.139. The summed E-state index contributed by atoms with van der Waals surface area (Å²) in [5.74, 6) is 0.587. The van der Waals surface area contributed by atoms with Crippen LogP contribution in [0.4, 0.5) is 0 Å². The van der Waals surface area contributed by atoms with Crippen molar-refractivity contribution < 1.29 is 4.79 Å². The number of carbonyl (C=O) groups excluding carboxylic acids is 1. The third-order valence-corrected chi connectivity index (χ3v) is 3.69. The molecule has 1 aliphatic carbocycles. The first kappa shape index (κ1) is 12.3. The van der Waals surface area contributed by atoms with Gasteiger partial charge >= 0.3 is 0 Å². The summed E-state index contributed by atoms with van der Waals surface area (Å²) in [7, 11) is 0. The second kappa shape index (κ2) is 4.26. The van der Waals surface area contributed by atoms with Gasteiger partial charge in [0.2, 0.25) is 0 Å². The van der Waals surface area contributed by atoms with Gasteiger partial charge in [0.15, 0.2) is 5.78 Å². The minimum atomic E-state index is -0.352. The highest BCUT2D eigenvalue weighted by molar-refractivity contribution is 5.85. The van der Waals surface area contributed by atoms with E-state index in [-0.39, 0.29) is 17.2 Å². The summed E-state index contributed by atoms with van der Waals surface area (Å²) in [4.78, 5) is 12.1. The Morgan fingerprint density at radius 1 is 1.41 bits per heavy atom. The Labute approximate surface area is 103 Å². The van der Waals surface area contributed by atoms with Crippen LogP contribution in [0, 0.1) is 5.41 Å². The molecule has 2 N–H and O–H groups in total. The first-order valence-corrected chi connectivity index (χ1v) is 6.25. The standard InChI is InChI=1S/C15H21NO/c1-15(2,3)14(16)13(17)9-11-8-10-6-4-5-7-12(10)11/h4-7,11,14H,8-9,16H2,1-3H3. The number of hydrogen-bond acceptors (Lipinski definition) is 2. The molecule has 2 unspecified atom stereocenters. The second-order valence-electron chi connectivity index (χ2n) is 6.11. The average Bonchev–Trinajstić information content (AvgIpc) is 2.23. The van der Waals surface area contributed by atoms with Gasteiger partial charge in [-0.3, -0.25) is 4.79 Å². The van der Waals surface area contributed by atoms with E-state index in [1.54, 1.807) is 0 Å². The van der Waals surface area contributed by atoms with Crippen LogP contribution in [0.15, 0.2) is 24.3 Å². The topological polar surface area (TPSA) is 43.1 Å². The van der Waals surface area contributed by atoms with Gasteiger partial charge < -0.3 is 5.73 Å². The zero-order valence-electron chi connectivity index (χ0n) is 10.9. The Kier molecular flexibility index (Phi) is 3.09. The first-order valence-electron chi connectivity index (χ1n) is 6.25. The third-order valence-electron chi connectivity index (χ3n) is 3.69. The lowest BCUT2D eigenvalue weighted by Gasteiger charge is -2.32. The van der Waals surface area contributed by atoms with Gasteiger partial charge in [-0.2, -0.15) is 0 Å². The molecule has 2 heteroatoms. The molecule has 1 aromatic carbocycles. The van der Waals surface area contributed by atoms with Crippen LogP contribution in [0.5, 0.6) is 0 Å². The molecule has 0 saturated heterocycles. The van der Waals surface area contributed by atoms with E-state index in [1.807, 2.05) is 26.8 Å². The van der Waals surface area contributed by atoms with Crippen LogP contribution in [-0.2, 0) is 11.2 Å². The molecule has 1 aliphatic rings. The fourth-order valence-corrected chi connectivity index (χ4v) is 2.40. The van der Waals surface area contributed by atoms with Gasteiger partial charge in [-0.1, -0.05) is 45.0 Å². The van der Waals surface area contributed by atoms with Gasteiger partial charge in [-0.15, -0.1) is 0 Å². The second-order valence-corrected chi connectivity index (χ2v) is 6.11. The lowest BCUT2D eigenvalue weighted by molar-refractivity contribution is -0.122. The number of hydrogen-bond donors (Lipinski definition) is 1. The molecule has 0 amide bonds. The molecule has 0 bridgehead atoms. The zero-order valence-corrected chi connectivity index (χ0v) is 10.9. The summed E-state index contributed by atoms with van der Waals surface area (Å²) >= 11 is 0. The number of Topliss-reactive ketones (excluding diaryl/α,β-unsaturated/α-hetero) is 1. The van der Waals surface area contributed by atoms with Gasteiger partial charge in [-0.05, 0) is 28.9 Å². The monoisotopic (exact) mass is 231 g/mol. The van der Waals surface area contributed by atoms with Crippen LogP contribution in [0.1, 0.15) is 44.2 Å². The number of nitrogens with two attached hydrogens (primary N) is 1. The lowest BCUT2D eigenvalue weighted by atomic mass is 9.73. The van der Waals surface area contributed by atoms with Crippen molar-refractivity contribution in [2.75, 3.05) is 0 Å². The minimum Gasteiger partial charge on any atom is -0.321 e. The van der Waals surface area contributed by atoms with Crippen molar-refractivity contribution in [3.05, 3.63) is 35.4 Å². The highest BCUT2D eigenvalue weighted by atomic mass is 16.1. The van der Waals surface area contributed by atoms with Crippen LogP contribution in [0.25, 0.3) is 0 Å². The molecule has 0 aromatic heterocycles. The molecule has 0 spiro atoms. The Bertz CT molecular complexity index is 431. The zero-order chi connectivity index (χ0) is 12.6. The van der Waals surface area contributed by atoms with Gasteiger partial charge in [0.25, 0.3) is 0 Å². The molecule has 2 nitrogen and oxygen atoms in total. The SMILES string of the molecule is CC(C)(C)C(N)C(=O)CC1Cc2ccccc21. The molecule has 0 fully saturated rings. The summed E-state index contributed by atoms with van der Waals surface area (Å²) in [5, 5.41) is 0. The maximum atomic E-state index is 12.1. The van der Waals surface area contributed by atoms with Gasteiger partial charge in [-0.25, -0.2) is 0 Å². The fraction of sp³-hybridized carbons (Fsp3) is 0.533. The van der Waals surface area contributed by atoms with Crippen LogP contribution in [0.2, 0.25) is 0 Å². The van der Waals surface area contributed by atoms with E-state index < -0.39 is 0 Å². The normalized spacial score (nSPS) is 20.4. The van der Waals surface area contributed by atoms with Crippen molar-refractivity contribution in [1.29, 1.82) is 0 Å². The van der Waals surface area contributed by atoms with E-state index in [2.05, 4.69) is 18.2 Å². The van der Waals surface area contributed by atoms with Crippen molar-refractivity contribution in [3.8, 4) is 0 Å². The van der Waals surface area contributed by atoms with Crippen molar-refractivity contribution in [2.24, 2.45) is 11.1 Å². The lowest BCUT2D eigenvalue weighted by Crippen LogP contribution is -2.43. The van der Waals surface area contributed by atoms with Gasteiger partial charge in [0.1, 0.15) is 0 Å². The molecule has 0 aliphatic heterocycles. The summed E-state index contributed by atoms with van der Waals surface area (Å²) in [6, 6.07) is 8.01. The number of fused-ring (bicyclic) bond motifs is 1. The van der Waals surface area contributed by atoms with E-state index in [1.165, 1.54) is 11.1 Å². The maximum Gasteiger partial charge on any atom is 0.150 e. The molecule has 0 saturated carbocycles. The van der Waals surface area contributed by atoms with Gasteiger partial charge in [0.05, 0.1) is 6.04 Å². The van der Waals surface area contributed by atoms with E-state index in [0.29, 0.717) is 12.3 Å². The predicted octanol–water partition coefficient (Wildman–Crippen LogP) is 2.66. The van der Waals surface area contributed by atoms with E-state index in [9.17, 15) is 4.79 Å². The predicted molar refractivity (Wildman–Crippen MR) is 69.9 cm³/mol. The largest absolute Gasteiger partial charge is 0.321 e. The first-order chi connectivity index (χ1) is 7.89. The van der Waals surface area contributed by atoms with E-state index >= 15 is 0 Å². The van der Waals surface area contributed by atoms with Crippen LogP contribution >= 0.6 is 0 Å². The molecule has 17 heavy (non-hydrogen) atoms. The van der Waals surface area contributed by atoms with Crippen molar-refractivity contribution in [2.45, 2.75) is 45.6 Å². The van der Waals surface area contributed by atoms with Crippen molar-refractivity contribution >= 4 is 5.78 Å². The Morgan fingerprint density at radius 3 is 2.65 bits per heavy atom. The molecule has 1 aromatic rings. The number of carbonyl (C=O) groups is 1. The maximum absolute atomic E-state index is 12.1. The number of benzene rings is 1. The molecule has 0 heterocycles. The molecule has 2 rings (SSSR count). The highest BCUT2D eigenvalue weighted by Gasteiger charge is 2.33. The van der Waals surface area contributed by atoms with Crippen LogP contribution in [0.3, 0.4) is 0 Å². The smallest absolute Gasteiger partial charge is 0.150 e. The van der Waals surface area contributed by atoms with Crippen LogP contribution in [-0.4, -0.2) is 11.8 Å². The summed E-state index contributed by atoms with van der Waals surface area (Å²) in [5.41, 5.74) is 8.57.